The number of ether oxygens (including phenoxy) is 1. The third-order valence-electron chi connectivity index (χ3n) is 6.12. The van der Waals surface area contributed by atoms with E-state index in [9.17, 15) is 14.4 Å². The summed E-state index contributed by atoms with van der Waals surface area (Å²) in [5.74, 6) is 0.00869. The lowest BCUT2D eigenvalue weighted by molar-refractivity contribution is -0.137. The first-order chi connectivity index (χ1) is 16.8. The van der Waals surface area contributed by atoms with Crippen LogP contribution in [0, 0.1) is 0 Å². The van der Waals surface area contributed by atoms with E-state index in [-0.39, 0.29) is 19.1 Å². The molecule has 2 N–H and O–H groups in total. The average Bonchev–Trinajstić information content (AvgIpc) is 3.35. The van der Waals surface area contributed by atoms with Crippen LogP contribution in [0.1, 0.15) is 12.5 Å². The molecule has 2 aromatic rings. The van der Waals surface area contributed by atoms with Crippen molar-refractivity contribution in [3.63, 3.8) is 0 Å². The Bertz CT molecular complexity index is 1280. The number of halogens is 1. The number of guanidine groups is 1. The first-order valence-corrected chi connectivity index (χ1v) is 11.3. The molecule has 2 unspecified atom stereocenters. The fourth-order valence-electron chi connectivity index (χ4n) is 4.48. The van der Waals surface area contributed by atoms with Crippen molar-refractivity contribution in [1.29, 1.82) is 0 Å². The minimum Gasteiger partial charge on any atom is -0.482 e. The van der Waals surface area contributed by atoms with Crippen molar-refractivity contribution in [3.05, 3.63) is 71.0 Å². The molecule has 3 heterocycles. The third-order valence-corrected chi connectivity index (χ3v) is 6.37. The van der Waals surface area contributed by atoms with Gasteiger partial charge in [0.1, 0.15) is 5.75 Å². The summed E-state index contributed by atoms with van der Waals surface area (Å²) in [6.45, 7) is 1.74. The van der Waals surface area contributed by atoms with Crippen LogP contribution in [0.2, 0.25) is 5.02 Å². The highest BCUT2D eigenvalue weighted by atomic mass is 35.5. The van der Waals surface area contributed by atoms with Gasteiger partial charge in [-0.3, -0.25) is 19.4 Å². The van der Waals surface area contributed by atoms with Gasteiger partial charge in [-0.2, -0.15) is 0 Å². The third kappa shape index (κ3) is 3.85. The molecule has 4 amide bonds. The molecule has 11 heteroatoms. The van der Waals surface area contributed by atoms with Crippen molar-refractivity contribution in [1.82, 2.24) is 14.7 Å². The van der Waals surface area contributed by atoms with Crippen LogP contribution in [0.4, 0.5) is 10.5 Å². The van der Waals surface area contributed by atoms with Gasteiger partial charge in [0, 0.05) is 24.0 Å². The average molecular weight is 495 g/mol. The molecule has 5 rings (SSSR count). The van der Waals surface area contributed by atoms with Gasteiger partial charge in [0.2, 0.25) is 5.96 Å². The van der Waals surface area contributed by atoms with E-state index in [4.69, 9.17) is 27.1 Å². The van der Waals surface area contributed by atoms with E-state index in [1.165, 1.54) is 9.80 Å². The molecule has 0 aliphatic carbocycles. The van der Waals surface area contributed by atoms with E-state index in [1.54, 1.807) is 48.3 Å². The van der Waals surface area contributed by atoms with Crippen molar-refractivity contribution in [2.75, 3.05) is 18.6 Å². The number of nitrogens with two attached hydrogens (primary N) is 1. The molecule has 0 aromatic heterocycles. The monoisotopic (exact) mass is 494 g/mol. The predicted octanol–water partition coefficient (Wildman–Crippen LogP) is 2.35. The van der Waals surface area contributed by atoms with Crippen molar-refractivity contribution in [2.24, 2.45) is 10.7 Å². The number of hydrogen-bond acceptors (Lipinski definition) is 7. The highest BCUT2D eigenvalue weighted by Gasteiger charge is 2.54. The fraction of sp³-hybridized carbons (Fsp3) is 0.250. The molecular formula is C24H23ClN6O4. The second-order valence-electron chi connectivity index (χ2n) is 8.47. The molecule has 1 saturated heterocycles. The Balaban J connectivity index is 1.46. The molecule has 0 bridgehead atoms. The highest BCUT2D eigenvalue weighted by molar-refractivity contribution is 6.30. The molecule has 0 spiro atoms. The van der Waals surface area contributed by atoms with Crippen molar-refractivity contribution < 1.29 is 19.1 Å². The van der Waals surface area contributed by atoms with E-state index in [0.29, 0.717) is 22.4 Å². The number of fused-ring (bicyclic) bond motifs is 3. The zero-order valence-electron chi connectivity index (χ0n) is 19.1. The number of carbonyl (C=O) groups excluding carboxylic acids is 3. The van der Waals surface area contributed by atoms with Crippen LogP contribution >= 0.6 is 11.6 Å². The Labute approximate surface area is 206 Å². The Hall–Kier alpha value is -4.05. The minimum atomic E-state index is -0.710. The van der Waals surface area contributed by atoms with Gasteiger partial charge in [-0.1, -0.05) is 35.9 Å². The number of rotatable bonds is 6. The lowest BCUT2D eigenvalue weighted by Gasteiger charge is -2.40. The molecule has 3 aliphatic heterocycles. The van der Waals surface area contributed by atoms with Crippen molar-refractivity contribution in [2.45, 2.75) is 25.7 Å². The molecule has 2 aromatic carbocycles. The van der Waals surface area contributed by atoms with Crippen LogP contribution in [0.25, 0.3) is 0 Å². The maximum Gasteiger partial charge on any atom is 0.328 e. The molecule has 3 aliphatic rings. The number of allylic oxidation sites excluding steroid dienone is 1. The number of benzene rings is 2. The summed E-state index contributed by atoms with van der Waals surface area (Å²) in [7, 11) is 1.64. The van der Waals surface area contributed by atoms with Gasteiger partial charge < -0.3 is 20.3 Å². The topological polar surface area (TPSA) is 112 Å². The Kier molecular flexibility index (Phi) is 5.60. The van der Waals surface area contributed by atoms with E-state index < -0.39 is 24.1 Å². The van der Waals surface area contributed by atoms with Gasteiger partial charge in [-0.15, -0.1) is 0 Å². The zero-order chi connectivity index (χ0) is 24.9. The maximum atomic E-state index is 13.6. The number of anilines is 1. The summed E-state index contributed by atoms with van der Waals surface area (Å²) in [4.78, 5) is 49.0. The number of imide groups is 1. The minimum absolute atomic E-state index is 0.127. The van der Waals surface area contributed by atoms with Gasteiger partial charge in [0.25, 0.3) is 11.8 Å². The van der Waals surface area contributed by atoms with Crippen molar-refractivity contribution in [3.8, 4) is 5.75 Å². The number of para-hydroxylation sites is 2. The smallest absolute Gasteiger partial charge is 0.328 e. The van der Waals surface area contributed by atoms with Gasteiger partial charge >= 0.3 is 6.03 Å². The normalized spacial score (nSPS) is 21.1. The lowest BCUT2D eigenvalue weighted by Crippen LogP contribution is -2.63. The summed E-state index contributed by atoms with van der Waals surface area (Å²) in [6, 6.07) is 13.1. The van der Waals surface area contributed by atoms with E-state index in [1.807, 2.05) is 30.2 Å². The molecule has 1 fully saturated rings. The van der Waals surface area contributed by atoms with Gasteiger partial charge in [0.15, 0.2) is 18.8 Å². The van der Waals surface area contributed by atoms with Crippen LogP contribution in [-0.4, -0.2) is 64.4 Å². The number of carbonyl (C=O) groups is 3. The highest BCUT2D eigenvalue weighted by Crippen LogP contribution is 2.40. The summed E-state index contributed by atoms with van der Waals surface area (Å²) < 4.78 is 5.61. The SMILES string of the molecule is CC1=CN2C(=NC3C2C(=O)N(Cc2ccc(Cl)cc2)C(=O)N3C)N1c1ccccc1OCC(N)=O. The first-order valence-electron chi connectivity index (χ1n) is 10.9. The number of nitrogens with zero attached hydrogens (tertiary/aromatic N) is 5. The number of primary amides is 1. The van der Waals surface area contributed by atoms with Crippen molar-refractivity contribution >= 4 is 41.1 Å². The maximum absolute atomic E-state index is 13.6. The van der Waals surface area contributed by atoms with E-state index in [0.717, 1.165) is 11.3 Å². The fourth-order valence-corrected chi connectivity index (χ4v) is 4.61. The molecule has 0 radical (unpaired) electrons. The van der Waals surface area contributed by atoms with Gasteiger partial charge in [0.05, 0.1) is 12.2 Å². The number of likely N-dealkylation sites (N-methyl/N-ethyl adjacent to an activating group) is 1. The predicted molar refractivity (Wildman–Crippen MR) is 129 cm³/mol. The summed E-state index contributed by atoms with van der Waals surface area (Å²) in [5.41, 5.74) is 7.48. The first kappa shape index (κ1) is 22.7. The lowest BCUT2D eigenvalue weighted by atomic mass is 10.1. The molecule has 2 atom stereocenters. The number of hydrogen-bond donors (Lipinski definition) is 1. The molecule has 0 saturated carbocycles. The van der Waals surface area contributed by atoms with E-state index >= 15 is 0 Å². The van der Waals surface area contributed by atoms with Crippen LogP contribution in [0.5, 0.6) is 5.75 Å². The Morgan fingerprint density at radius 3 is 2.57 bits per heavy atom. The van der Waals surface area contributed by atoms with Gasteiger partial charge in [-0.05, 0) is 36.8 Å². The summed E-state index contributed by atoms with van der Waals surface area (Å²) in [5, 5.41) is 0.578. The van der Waals surface area contributed by atoms with Crippen LogP contribution in [-0.2, 0) is 16.1 Å². The number of aliphatic imine (C=N–C) groups is 1. The quantitative estimate of drug-likeness (QED) is 0.659. The van der Waals surface area contributed by atoms with E-state index in [2.05, 4.69) is 0 Å². The molecular weight excluding hydrogens is 472 g/mol. The molecule has 180 valence electrons. The second kappa shape index (κ2) is 8.62. The summed E-state index contributed by atoms with van der Waals surface area (Å²) in [6.07, 6.45) is 1.15. The van der Waals surface area contributed by atoms with Crippen LogP contribution < -0.4 is 15.4 Å². The van der Waals surface area contributed by atoms with Crippen LogP contribution in [0.15, 0.2) is 65.4 Å². The Morgan fingerprint density at radius 1 is 1.14 bits per heavy atom. The number of urea groups is 1. The standard InChI is InChI=1S/C24H23ClN6O4/c1-14-11-29-20-21(27-23(29)31(14)17-5-3-4-6-18(17)35-13-19(26)32)28(2)24(34)30(22(20)33)12-15-7-9-16(25)10-8-15/h3-11,20-21H,12-13H2,1-2H3,(H2,26,32). The van der Waals surface area contributed by atoms with Crippen LogP contribution in [0.3, 0.4) is 0 Å². The Morgan fingerprint density at radius 2 is 1.86 bits per heavy atom. The molecule has 10 nitrogen and oxygen atoms in total. The zero-order valence-corrected chi connectivity index (χ0v) is 19.8. The van der Waals surface area contributed by atoms with Gasteiger partial charge in [-0.25, -0.2) is 9.79 Å². The molecule has 35 heavy (non-hydrogen) atoms. The number of amides is 4. The largest absolute Gasteiger partial charge is 0.482 e. The summed E-state index contributed by atoms with van der Waals surface area (Å²) >= 11 is 5.97. The second-order valence-corrected chi connectivity index (χ2v) is 8.90.